The van der Waals surface area contributed by atoms with Crippen LogP contribution in [0.2, 0.25) is 0 Å². The summed E-state index contributed by atoms with van der Waals surface area (Å²) in [6.07, 6.45) is 4.15. The molecule has 2 saturated heterocycles. The standard InChI is InChI=1S/C16H32N4O/c1-16(2)13-20(10-9-18(16)3)14(12-17)11-15(21)19-7-5-4-6-8-19/h14H,4-13,17H2,1-3H3. The average Bonchev–Trinajstić information content (AvgIpc) is 2.48. The fourth-order valence-electron chi connectivity index (χ4n) is 3.43. The lowest BCUT2D eigenvalue weighted by atomic mass is 9.97. The van der Waals surface area contributed by atoms with Gasteiger partial charge in [-0.1, -0.05) is 0 Å². The molecule has 0 aromatic rings. The van der Waals surface area contributed by atoms with Crippen molar-refractivity contribution in [2.45, 2.75) is 51.1 Å². The van der Waals surface area contributed by atoms with E-state index in [0.717, 1.165) is 45.6 Å². The molecule has 2 aliphatic rings. The quantitative estimate of drug-likeness (QED) is 0.831. The molecular formula is C16H32N4O. The summed E-state index contributed by atoms with van der Waals surface area (Å²) in [5, 5.41) is 0. The van der Waals surface area contributed by atoms with Gasteiger partial charge in [-0.3, -0.25) is 14.6 Å². The zero-order chi connectivity index (χ0) is 15.5. The van der Waals surface area contributed by atoms with Gasteiger partial charge in [-0.05, 0) is 40.2 Å². The Morgan fingerprint density at radius 3 is 2.38 bits per heavy atom. The van der Waals surface area contributed by atoms with Crippen LogP contribution in [0.5, 0.6) is 0 Å². The van der Waals surface area contributed by atoms with Gasteiger partial charge in [0.05, 0.1) is 0 Å². The molecule has 5 nitrogen and oxygen atoms in total. The Bertz CT molecular complexity index is 352. The van der Waals surface area contributed by atoms with Crippen LogP contribution >= 0.6 is 0 Å². The van der Waals surface area contributed by atoms with Crippen molar-refractivity contribution in [1.29, 1.82) is 0 Å². The van der Waals surface area contributed by atoms with Gasteiger partial charge in [0.25, 0.3) is 0 Å². The van der Waals surface area contributed by atoms with Crippen molar-refractivity contribution in [3.63, 3.8) is 0 Å². The number of piperidine rings is 1. The minimum atomic E-state index is 0.153. The van der Waals surface area contributed by atoms with Gasteiger partial charge in [0.15, 0.2) is 0 Å². The van der Waals surface area contributed by atoms with Gasteiger partial charge < -0.3 is 10.6 Å². The van der Waals surface area contributed by atoms with Gasteiger partial charge in [-0.15, -0.1) is 0 Å². The Kier molecular flexibility index (Phi) is 5.63. The summed E-state index contributed by atoms with van der Waals surface area (Å²) in [5.41, 5.74) is 6.13. The van der Waals surface area contributed by atoms with Crippen molar-refractivity contribution in [2.75, 3.05) is 46.3 Å². The highest BCUT2D eigenvalue weighted by atomic mass is 16.2. The van der Waals surface area contributed by atoms with E-state index in [1.54, 1.807) is 0 Å². The number of nitrogens with two attached hydrogens (primary N) is 1. The summed E-state index contributed by atoms with van der Waals surface area (Å²) >= 11 is 0. The first-order valence-corrected chi connectivity index (χ1v) is 8.37. The smallest absolute Gasteiger partial charge is 0.224 e. The maximum absolute atomic E-state index is 12.5. The lowest BCUT2D eigenvalue weighted by Gasteiger charge is -2.48. The van der Waals surface area contributed by atoms with Crippen LogP contribution in [0.4, 0.5) is 0 Å². The molecule has 122 valence electrons. The van der Waals surface area contributed by atoms with E-state index in [2.05, 4.69) is 30.7 Å². The molecule has 0 aliphatic carbocycles. The van der Waals surface area contributed by atoms with Gasteiger partial charge in [0, 0.05) is 57.3 Å². The van der Waals surface area contributed by atoms with Crippen molar-refractivity contribution in [1.82, 2.24) is 14.7 Å². The van der Waals surface area contributed by atoms with Crippen molar-refractivity contribution in [3.05, 3.63) is 0 Å². The van der Waals surface area contributed by atoms with Crippen LogP contribution in [0, 0.1) is 0 Å². The second kappa shape index (κ2) is 7.07. The third-order valence-corrected chi connectivity index (χ3v) is 5.25. The molecule has 0 aromatic carbocycles. The first-order chi connectivity index (χ1) is 9.94. The minimum Gasteiger partial charge on any atom is -0.343 e. The lowest BCUT2D eigenvalue weighted by Crippen LogP contribution is -2.61. The predicted molar refractivity (Wildman–Crippen MR) is 86.2 cm³/mol. The van der Waals surface area contributed by atoms with Crippen LogP contribution in [0.25, 0.3) is 0 Å². The lowest BCUT2D eigenvalue weighted by molar-refractivity contribution is -0.133. The van der Waals surface area contributed by atoms with Gasteiger partial charge in [-0.2, -0.15) is 0 Å². The van der Waals surface area contributed by atoms with Crippen LogP contribution in [0.15, 0.2) is 0 Å². The Balaban J connectivity index is 1.91. The predicted octanol–water partition coefficient (Wildman–Crippen LogP) is 0.742. The number of rotatable bonds is 4. The van der Waals surface area contributed by atoms with Crippen LogP contribution < -0.4 is 5.73 Å². The Labute approximate surface area is 129 Å². The highest BCUT2D eigenvalue weighted by Crippen LogP contribution is 2.22. The molecule has 0 spiro atoms. The van der Waals surface area contributed by atoms with E-state index in [-0.39, 0.29) is 11.6 Å². The molecule has 0 aromatic heterocycles. The molecule has 2 rings (SSSR count). The van der Waals surface area contributed by atoms with Crippen LogP contribution in [-0.4, -0.2) is 78.5 Å². The number of nitrogens with zero attached hydrogens (tertiary/aromatic N) is 3. The van der Waals surface area contributed by atoms with Gasteiger partial charge in [0.1, 0.15) is 0 Å². The number of hydrogen-bond donors (Lipinski definition) is 1. The minimum absolute atomic E-state index is 0.153. The zero-order valence-corrected chi connectivity index (χ0v) is 14.0. The molecular weight excluding hydrogens is 264 g/mol. The molecule has 1 amide bonds. The summed E-state index contributed by atoms with van der Waals surface area (Å²) in [6, 6.07) is 0.187. The van der Waals surface area contributed by atoms with Crippen LogP contribution in [-0.2, 0) is 4.79 Å². The summed E-state index contributed by atoms with van der Waals surface area (Å²) in [4.78, 5) is 19.3. The zero-order valence-electron chi connectivity index (χ0n) is 14.0. The van der Waals surface area contributed by atoms with Gasteiger partial charge in [0.2, 0.25) is 5.91 Å². The second-order valence-corrected chi connectivity index (χ2v) is 7.24. The number of amides is 1. The molecule has 0 radical (unpaired) electrons. The number of hydrogen-bond acceptors (Lipinski definition) is 4. The van der Waals surface area contributed by atoms with Crippen molar-refractivity contribution in [2.24, 2.45) is 5.73 Å². The Morgan fingerprint density at radius 1 is 1.14 bits per heavy atom. The van der Waals surface area contributed by atoms with E-state index in [1.165, 1.54) is 6.42 Å². The molecule has 2 heterocycles. The molecule has 0 saturated carbocycles. The molecule has 2 fully saturated rings. The maximum atomic E-state index is 12.5. The number of carbonyl (C=O) groups is 1. The summed E-state index contributed by atoms with van der Waals surface area (Å²) < 4.78 is 0. The second-order valence-electron chi connectivity index (χ2n) is 7.24. The Hall–Kier alpha value is -0.650. The topological polar surface area (TPSA) is 52.8 Å². The third-order valence-electron chi connectivity index (χ3n) is 5.25. The van der Waals surface area contributed by atoms with E-state index in [1.807, 2.05) is 4.90 Å². The van der Waals surface area contributed by atoms with Gasteiger partial charge in [-0.25, -0.2) is 0 Å². The molecule has 1 unspecified atom stereocenters. The summed E-state index contributed by atoms with van der Waals surface area (Å²) in [6.45, 7) is 10.0. The van der Waals surface area contributed by atoms with E-state index < -0.39 is 0 Å². The van der Waals surface area contributed by atoms with Crippen molar-refractivity contribution < 1.29 is 4.79 Å². The molecule has 2 N–H and O–H groups in total. The molecule has 1 atom stereocenters. The molecule has 2 aliphatic heterocycles. The maximum Gasteiger partial charge on any atom is 0.224 e. The summed E-state index contributed by atoms with van der Waals surface area (Å²) in [5.74, 6) is 0.293. The number of piperazine rings is 1. The first-order valence-electron chi connectivity index (χ1n) is 8.37. The molecule has 5 heteroatoms. The van der Waals surface area contributed by atoms with Crippen LogP contribution in [0.1, 0.15) is 39.5 Å². The van der Waals surface area contributed by atoms with Crippen LogP contribution in [0.3, 0.4) is 0 Å². The largest absolute Gasteiger partial charge is 0.343 e. The normalized spacial score (nSPS) is 25.8. The highest BCUT2D eigenvalue weighted by molar-refractivity contribution is 5.77. The highest BCUT2D eigenvalue weighted by Gasteiger charge is 2.34. The number of likely N-dealkylation sites (N-methyl/N-ethyl adjacent to an activating group) is 1. The van der Waals surface area contributed by atoms with Crippen molar-refractivity contribution >= 4 is 5.91 Å². The fourth-order valence-corrected chi connectivity index (χ4v) is 3.43. The van der Waals surface area contributed by atoms with E-state index >= 15 is 0 Å². The Morgan fingerprint density at radius 2 is 1.81 bits per heavy atom. The fraction of sp³-hybridized carbons (Fsp3) is 0.938. The number of carbonyl (C=O) groups excluding carboxylic acids is 1. The van der Waals surface area contributed by atoms with E-state index in [0.29, 0.717) is 18.9 Å². The van der Waals surface area contributed by atoms with E-state index in [9.17, 15) is 4.79 Å². The summed E-state index contributed by atoms with van der Waals surface area (Å²) in [7, 11) is 2.17. The van der Waals surface area contributed by atoms with E-state index in [4.69, 9.17) is 5.73 Å². The monoisotopic (exact) mass is 296 g/mol. The first kappa shape index (κ1) is 16.7. The number of likely N-dealkylation sites (tertiary alicyclic amines) is 1. The average molecular weight is 296 g/mol. The third kappa shape index (κ3) is 4.18. The van der Waals surface area contributed by atoms with Gasteiger partial charge >= 0.3 is 0 Å². The van der Waals surface area contributed by atoms with Crippen molar-refractivity contribution in [3.8, 4) is 0 Å². The SMILES string of the molecule is CN1CCN(C(CN)CC(=O)N2CCCCC2)CC1(C)C. The molecule has 0 bridgehead atoms. The molecule has 21 heavy (non-hydrogen) atoms.